The van der Waals surface area contributed by atoms with Gasteiger partial charge in [0.05, 0.1) is 11.4 Å². The first-order valence-corrected chi connectivity index (χ1v) is 8.33. The minimum absolute atomic E-state index is 0.278. The zero-order valence-electron chi connectivity index (χ0n) is 13.9. The highest BCUT2D eigenvalue weighted by Gasteiger charge is 2.39. The van der Waals surface area contributed by atoms with Gasteiger partial charge in [-0.05, 0) is 36.8 Å². The van der Waals surface area contributed by atoms with Gasteiger partial charge in [-0.25, -0.2) is 0 Å². The number of hydrogen-bond donors (Lipinski definition) is 1. The summed E-state index contributed by atoms with van der Waals surface area (Å²) in [7, 11) is 0. The summed E-state index contributed by atoms with van der Waals surface area (Å²) in [5.41, 5.74) is 4.45. The molecule has 3 aromatic rings. The quantitative estimate of drug-likeness (QED) is 0.797. The summed E-state index contributed by atoms with van der Waals surface area (Å²) in [5.74, 6) is 0. The lowest BCUT2D eigenvalue weighted by molar-refractivity contribution is 0.217. The van der Waals surface area contributed by atoms with Crippen molar-refractivity contribution in [3.8, 4) is 0 Å². The summed E-state index contributed by atoms with van der Waals surface area (Å²) in [5, 5.41) is 17.7. The van der Waals surface area contributed by atoms with Crippen LogP contribution in [0.3, 0.4) is 0 Å². The lowest BCUT2D eigenvalue weighted by Gasteiger charge is -2.26. The molecule has 4 heteroatoms. The molecule has 1 aromatic heterocycles. The van der Waals surface area contributed by atoms with Crippen molar-refractivity contribution in [3.05, 3.63) is 95.8 Å². The predicted octanol–water partition coefficient (Wildman–Crippen LogP) is 3.72. The van der Waals surface area contributed by atoms with Crippen LogP contribution in [0.1, 0.15) is 22.9 Å². The van der Waals surface area contributed by atoms with E-state index in [4.69, 9.17) is 5.10 Å². The van der Waals surface area contributed by atoms with E-state index in [0.717, 1.165) is 11.3 Å². The highest BCUT2D eigenvalue weighted by Crippen LogP contribution is 2.36. The van der Waals surface area contributed by atoms with Crippen molar-refractivity contribution >= 4 is 11.4 Å². The van der Waals surface area contributed by atoms with Gasteiger partial charge >= 0.3 is 0 Å². The third kappa shape index (κ3) is 2.92. The fourth-order valence-corrected chi connectivity index (χ4v) is 3.12. The van der Waals surface area contributed by atoms with E-state index in [0.29, 0.717) is 11.4 Å². The number of nitrogens with zero attached hydrogens (tertiary/aromatic N) is 3. The molecule has 0 unspecified atom stereocenters. The first-order chi connectivity index (χ1) is 12.2. The zero-order valence-corrected chi connectivity index (χ0v) is 13.9. The van der Waals surface area contributed by atoms with Crippen LogP contribution in [0.2, 0.25) is 0 Å². The highest BCUT2D eigenvalue weighted by molar-refractivity contribution is 6.05. The molecule has 0 aliphatic carbocycles. The normalized spacial score (nSPS) is 19.8. The maximum absolute atomic E-state index is 11.0. The number of rotatable bonds is 3. The molecule has 0 saturated carbocycles. The van der Waals surface area contributed by atoms with Crippen molar-refractivity contribution in [1.82, 2.24) is 4.98 Å². The monoisotopic (exact) mass is 329 g/mol. The molecule has 0 bridgehead atoms. The number of aliphatic hydroxyl groups excluding tert-OH is 1. The topological polar surface area (TPSA) is 48.7 Å². The Labute approximate surface area is 147 Å². The Balaban J connectivity index is 1.80. The fraction of sp³-hybridized carbons (Fsp3) is 0.143. The Hall–Kier alpha value is -2.98. The van der Waals surface area contributed by atoms with Crippen molar-refractivity contribution in [2.24, 2.45) is 5.10 Å². The van der Waals surface area contributed by atoms with E-state index in [-0.39, 0.29) is 6.04 Å². The Kier molecular flexibility index (Phi) is 4.04. The van der Waals surface area contributed by atoms with Crippen LogP contribution >= 0.6 is 0 Å². The number of benzene rings is 2. The van der Waals surface area contributed by atoms with Gasteiger partial charge in [-0.1, -0.05) is 54.1 Å². The fourth-order valence-electron chi connectivity index (χ4n) is 3.12. The van der Waals surface area contributed by atoms with Crippen molar-refractivity contribution in [1.29, 1.82) is 0 Å². The number of hydrogen-bond acceptors (Lipinski definition) is 4. The summed E-state index contributed by atoms with van der Waals surface area (Å²) in [6, 6.07) is 23.5. The summed E-state index contributed by atoms with van der Waals surface area (Å²) in [6.07, 6.45) is 0.967. The molecule has 0 spiro atoms. The molecule has 4 rings (SSSR count). The first-order valence-electron chi connectivity index (χ1n) is 8.33. The molecule has 0 fully saturated rings. The van der Waals surface area contributed by atoms with Gasteiger partial charge in [0.2, 0.25) is 0 Å². The second kappa shape index (κ2) is 6.49. The maximum Gasteiger partial charge on any atom is 0.126 e. The molecule has 1 N–H and O–H groups in total. The number of anilines is 1. The first kappa shape index (κ1) is 15.5. The van der Waals surface area contributed by atoms with Crippen LogP contribution in [0.25, 0.3) is 0 Å². The molecule has 0 radical (unpaired) electrons. The molecule has 0 saturated heterocycles. The van der Waals surface area contributed by atoms with Crippen molar-refractivity contribution in [3.63, 3.8) is 0 Å². The third-order valence-electron chi connectivity index (χ3n) is 4.43. The lowest BCUT2D eigenvalue weighted by atomic mass is 9.96. The van der Waals surface area contributed by atoms with E-state index < -0.39 is 6.10 Å². The van der Waals surface area contributed by atoms with Gasteiger partial charge in [0.25, 0.3) is 0 Å². The van der Waals surface area contributed by atoms with Crippen LogP contribution in [-0.4, -0.2) is 21.9 Å². The van der Waals surface area contributed by atoms with Crippen LogP contribution in [0.15, 0.2) is 84.1 Å². The molecule has 124 valence electrons. The van der Waals surface area contributed by atoms with E-state index in [9.17, 15) is 5.11 Å². The number of para-hydroxylation sites is 1. The second-order valence-electron chi connectivity index (χ2n) is 6.18. The molecule has 2 atom stereocenters. The van der Waals surface area contributed by atoms with Gasteiger partial charge in [-0.3, -0.25) is 9.99 Å². The van der Waals surface area contributed by atoms with Crippen LogP contribution < -0.4 is 5.01 Å². The van der Waals surface area contributed by atoms with Crippen molar-refractivity contribution < 1.29 is 5.11 Å². The second-order valence-corrected chi connectivity index (χ2v) is 6.18. The number of pyridine rings is 1. The van der Waals surface area contributed by atoms with E-state index >= 15 is 0 Å². The Morgan fingerprint density at radius 1 is 0.880 bits per heavy atom. The van der Waals surface area contributed by atoms with Crippen molar-refractivity contribution in [2.45, 2.75) is 19.1 Å². The lowest BCUT2D eigenvalue weighted by Crippen LogP contribution is -2.30. The van der Waals surface area contributed by atoms with E-state index in [2.05, 4.69) is 36.2 Å². The van der Waals surface area contributed by atoms with Crippen molar-refractivity contribution in [2.75, 3.05) is 5.01 Å². The van der Waals surface area contributed by atoms with Crippen LogP contribution in [0.4, 0.5) is 5.69 Å². The Bertz CT molecular complexity index is 876. The minimum Gasteiger partial charge on any atom is -0.384 e. The van der Waals surface area contributed by atoms with Gasteiger partial charge in [0, 0.05) is 6.20 Å². The Morgan fingerprint density at radius 3 is 2.28 bits per heavy atom. The van der Waals surface area contributed by atoms with Gasteiger partial charge in [0.1, 0.15) is 17.9 Å². The molecule has 25 heavy (non-hydrogen) atoms. The molecular weight excluding hydrogens is 310 g/mol. The molecule has 4 nitrogen and oxygen atoms in total. The largest absolute Gasteiger partial charge is 0.384 e. The molecule has 1 aliphatic heterocycles. The van der Waals surface area contributed by atoms with Crippen LogP contribution in [0, 0.1) is 6.92 Å². The third-order valence-corrected chi connectivity index (χ3v) is 4.43. The summed E-state index contributed by atoms with van der Waals surface area (Å²) >= 11 is 0. The average Bonchev–Trinajstić information content (AvgIpc) is 3.01. The standard InChI is InChI=1S/C21H19N3O/c1-15-10-12-16(13-11-15)20-21(25)19(18-9-5-6-14-22-18)23-24(20)17-7-3-2-4-8-17/h2-14,20-21,25H,1H3/t20-,21+/m0/s1. The number of aryl methyl sites for hydroxylation is 1. The summed E-state index contributed by atoms with van der Waals surface area (Å²) in [4.78, 5) is 4.36. The SMILES string of the molecule is Cc1ccc([C@H]2[C@H](O)C(c3ccccn3)=NN2c2ccccc2)cc1. The highest BCUT2D eigenvalue weighted by atomic mass is 16.3. The Morgan fingerprint density at radius 2 is 1.60 bits per heavy atom. The number of hydrazone groups is 1. The average molecular weight is 329 g/mol. The van der Waals surface area contributed by atoms with Gasteiger partial charge in [0.15, 0.2) is 0 Å². The van der Waals surface area contributed by atoms with E-state index in [1.54, 1.807) is 6.20 Å². The summed E-state index contributed by atoms with van der Waals surface area (Å²) in [6.45, 7) is 2.06. The number of aromatic nitrogens is 1. The van der Waals surface area contributed by atoms with Gasteiger partial charge in [-0.2, -0.15) is 5.10 Å². The molecule has 2 aromatic carbocycles. The van der Waals surface area contributed by atoms with Gasteiger partial charge < -0.3 is 5.11 Å². The smallest absolute Gasteiger partial charge is 0.126 e. The van der Waals surface area contributed by atoms with Crippen LogP contribution in [0.5, 0.6) is 0 Å². The molecular formula is C21H19N3O. The molecule has 2 heterocycles. The molecule has 0 amide bonds. The van der Waals surface area contributed by atoms with E-state index in [1.165, 1.54) is 5.56 Å². The maximum atomic E-state index is 11.0. The summed E-state index contributed by atoms with van der Waals surface area (Å²) < 4.78 is 0. The molecule has 1 aliphatic rings. The number of aliphatic hydroxyl groups is 1. The minimum atomic E-state index is -0.752. The predicted molar refractivity (Wildman–Crippen MR) is 99.6 cm³/mol. The zero-order chi connectivity index (χ0) is 17.2. The van der Waals surface area contributed by atoms with Crippen LogP contribution in [-0.2, 0) is 0 Å². The van der Waals surface area contributed by atoms with E-state index in [1.807, 2.05) is 53.5 Å². The van der Waals surface area contributed by atoms with Gasteiger partial charge in [-0.15, -0.1) is 0 Å².